The summed E-state index contributed by atoms with van der Waals surface area (Å²) in [6, 6.07) is 22.0. The van der Waals surface area contributed by atoms with E-state index in [2.05, 4.69) is 62.9 Å². The number of nitrogens with zero attached hydrogens (tertiary/aromatic N) is 3. The minimum Gasteiger partial charge on any atom is -0.497 e. The average molecular weight is 441 g/mol. The molecule has 0 spiro atoms. The second kappa shape index (κ2) is 9.99. The molecule has 7 heteroatoms. The molecule has 0 amide bonds. The van der Waals surface area contributed by atoms with E-state index >= 15 is 0 Å². The van der Waals surface area contributed by atoms with Crippen LogP contribution in [0.5, 0.6) is 5.75 Å². The summed E-state index contributed by atoms with van der Waals surface area (Å²) in [6.07, 6.45) is 0.955. The van der Waals surface area contributed by atoms with Crippen LogP contribution in [0, 0.1) is 13.8 Å². The van der Waals surface area contributed by atoms with Gasteiger partial charge in [-0.3, -0.25) is 0 Å². The molecule has 0 atom stereocenters. The molecule has 7 nitrogen and oxygen atoms in total. The second-order valence-electron chi connectivity index (χ2n) is 7.78. The van der Waals surface area contributed by atoms with E-state index in [0.717, 1.165) is 40.4 Å². The van der Waals surface area contributed by atoms with Crippen LogP contribution in [0.4, 0.5) is 34.9 Å². The third-order valence-corrected chi connectivity index (χ3v) is 5.21. The van der Waals surface area contributed by atoms with Crippen LogP contribution in [0.3, 0.4) is 0 Å². The van der Waals surface area contributed by atoms with Gasteiger partial charge in [-0.05, 0) is 79.4 Å². The van der Waals surface area contributed by atoms with Crippen LogP contribution in [-0.2, 0) is 6.42 Å². The quantitative estimate of drug-likeness (QED) is 0.297. The van der Waals surface area contributed by atoms with Crippen molar-refractivity contribution in [1.29, 1.82) is 0 Å². The smallest absolute Gasteiger partial charge is 0.233 e. The van der Waals surface area contributed by atoms with E-state index in [-0.39, 0.29) is 0 Å². The number of hydrogen-bond donors (Lipinski definition) is 3. The average Bonchev–Trinajstić information content (AvgIpc) is 2.81. The summed E-state index contributed by atoms with van der Waals surface area (Å²) in [4.78, 5) is 13.8. The first kappa shape index (κ1) is 22.1. The van der Waals surface area contributed by atoms with Gasteiger partial charge in [0.1, 0.15) is 5.75 Å². The number of benzene rings is 3. The molecule has 33 heavy (non-hydrogen) atoms. The molecular formula is C26H28N6O. The Morgan fingerprint density at radius 1 is 0.727 bits per heavy atom. The van der Waals surface area contributed by atoms with Crippen molar-refractivity contribution in [3.63, 3.8) is 0 Å². The largest absolute Gasteiger partial charge is 0.497 e. The Hall–Kier alpha value is -4.13. The molecule has 0 fully saturated rings. The number of nitrogens with one attached hydrogen (secondary N) is 3. The van der Waals surface area contributed by atoms with Gasteiger partial charge in [-0.25, -0.2) is 0 Å². The maximum atomic E-state index is 5.24. The Morgan fingerprint density at radius 2 is 1.39 bits per heavy atom. The van der Waals surface area contributed by atoms with E-state index in [1.54, 1.807) is 7.11 Å². The Bertz CT molecular complexity index is 1240. The first-order valence-corrected chi connectivity index (χ1v) is 10.9. The number of aryl methyl sites for hydroxylation is 3. The zero-order valence-electron chi connectivity index (χ0n) is 19.3. The fourth-order valence-electron chi connectivity index (χ4n) is 3.34. The van der Waals surface area contributed by atoms with Crippen LogP contribution in [0.15, 0.2) is 66.7 Å². The highest BCUT2D eigenvalue weighted by atomic mass is 16.5. The molecule has 3 aromatic carbocycles. The van der Waals surface area contributed by atoms with E-state index < -0.39 is 0 Å². The fourth-order valence-corrected chi connectivity index (χ4v) is 3.34. The Morgan fingerprint density at radius 3 is 2.03 bits per heavy atom. The fraction of sp³-hybridized carbons (Fsp3) is 0.192. The molecule has 1 aromatic heterocycles. The van der Waals surface area contributed by atoms with E-state index in [4.69, 9.17) is 4.74 Å². The third kappa shape index (κ3) is 5.77. The summed E-state index contributed by atoms with van der Waals surface area (Å²) in [7, 11) is 1.64. The highest BCUT2D eigenvalue weighted by Crippen LogP contribution is 2.24. The summed E-state index contributed by atoms with van der Waals surface area (Å²) in [5, 5.41) is 9.92. The molecule has 4 rings (SSSR count). The van der Waals surface area contributed by atoms with E-state index in [0.29, 0.717) is 17.8 Å². The molecule has 1 heterocycles. The molecule has 0 aliphatic carbocycles. The van der Waals surface area contributed by atoms with Crippen LogP contribution >= 0.6 is 0 Å². The lowest BCUT2D eigenvalue weighted by atomic mass is 10.1. The predicted molar refractivity (Wildman–Crippen MR) is 134 cm³/mol. The number of aromatic nitrogens is 3. The second-order valence-corrected chi connectivity index (χ2v) is 7.78. The molecule has 0 unspecified atom stereocenters. The van der Waals surface area contributed by atoms with Crippen LogP contribution in [0.25, 0.3) is 0 Å². The van der Waals surface area contributed by atoms with Crippen molar-refractivity contribution in [3.05, 3.63) is 83.4 Å². The maximum Gasteiger partial charge on any atom is 0.233 e. The SMILES string of the molecule is CCc1ccc(C)c(Nc2nc(Nc3ccc(OC)cc3)nc(Nc3cccc(C)c3)n2)c1. The highest BCUT2D eigenvalue weighted by Gasteiger charge is 2.10. The summed E-state index contributed by atoms with van der Waals surface area (Å²) >= 11 is 0. The third-order valence-electron chi connectivity index (χ3n) is 5.21. The number of anilines is 6. The molecule has 0 aliphatic rings. The Balaban J connectivity index is 1.67. The number of methoxy groups -OCH3 is 1. The maximum absolute atomic E-state index is 5.24. The van der Waals surface area contributed by atoms with Crippen molar-refractivity contribution in [2.24, 2.45) is 0 Å². The Labute approximate surface area is 194 Å². The van der Waals surface area contributed by atoms with Gasteiger partial charge in [0.05, 0.1) is 7.11 Å². The van der Waals surface area contributed by atoms with Crippen molar-refractivity contribution in [1.82, 2.24) is 15.0 Å². The van der Waals surface area contributed by atoms with Gasteiger partial charge in [0, 0.05) is 17.1 Å². The molecular weight excluding hydrogens is 412 g/mol. The van der Waals surface area contributed by atoms with Gasteiger partial charge in [0.15, 0.2) is 0 Å². The molecule has 0 radical (unpaired) electrons. The van der Waals surface area contributed by atoms with E-state index in [1.165, 1.54) is 5.56 Å². The lowest BCUT2D eigenvalue weighted by molar-refractivity contribution is 0.415. The zero-order valence-corrected chi connectivity index (χ0v) is 19.3. The first-order valence-electron chi connectivity index (χ1n) is 10.9. The Kier molecular flexibility index (Phi) is 6.69. The minimum atomic E-state index is 0.428. The molecule has 4 aromatic rings. The van der Waals surface area contributed by atoms with Gasteiger partial charge >= 0.3 is 0 Å². The molecule has 0 aliphatic heterocycles. The number of ether oxygens (including phenoxy) is 1. The first-order chi connectivity index (χ1) is 16.0. The zero-order chi connectivity index (χ0) is 23.2. The van der Waals surface area contributed by atoms with Crippen LogP contribution in [0.1, 0.15) is 23.6 Å². The van der Waals surface area contributed by atoms with Crippen molar-refractivity contribution >= 4 is 34.9 Å². The van der Waals surface area contributed by atoms with Gasteiger partial charge in [-0.2, -0.15) is 15.0 Å². The summed E-state index contributed by atoms with van der Waals surface area (Å²) in [5.41, 5.74) is 6.23. The van der Waals surface area contributed by atoms with Crippen molar-refractivity contribution in [2.75, 3.05) is 23.1 Å². The van der Waals surface area contributed by atoms with E-state index in [9.17, 15) is 0 Å². The van der Waals surface area contributed by atoms with Crippen molar-refractivity contribution in [3.8, 4) is 5.75 Å². The summed E-state index contributed by atoms with van der Waals surface area (Å²) in [5.74, 6) is 2.11. The minimum absolute atomic E-state index is 0.428. The van der Waals surface area contributed by atoms with Gasteiger partial charge in [-0.1, -0.05) is 31.2 Å². The summed E-state index contributed by atoms with van der Waals surface area (Å²) < 4.78 is 5.24. The molecule has 0 saturated carbocycles. The highest BCUT2D eigenvalue weighted by molar-refractivity contribution is 5.64. The normalized spacial score (nSPS) is 10.5. The number of hydrogen-bond acceptors (Lipinski definition) is 7. The lowest BCUT2D eigenvalue weighted by Crippen LogP contribution is -2.08. The number of rotatable bonds is 8. The predicted octanol–water partition coefficient (Wildman–Crippen LogP) is 6.29. The standard InChI is InChI=1S/C26H28N6O/c1-5-19-10-9-18(3)23(16-19)29-26-31-24(27-20-11-13-22(33-4)14-12-20)30-25(32-26)28-21-8-6-7-17(2)15-21/h6-16H,5H2,1-4H3,(H3,27,28,29,30,31,32). The van der Waals surface area contributed by atoms with Crippen molar-refractivity contribution in [2.45, 2.75) is 27.2 Å². The van der Waals surface area contributed by atoms with Crippen LogP contribution < -0.4 is 20.7 Å². The van der Waals surface area contributed by atoms with Crippen molar-refractivity contribution < 1.29 is 4.74 Å². The van der Waals surface area contributed by atoms with Gasteiger partial charge in [0.2, 0.25) is 17.8 Å². The van der Waals surface area contributed by atoms with Crippen LogP contribution in [0.2, 0.25) is 0 Å². The molecule has 168 valence electrons. The summed E-state index contributed by atoms with van der Waals surface area (Å²) in [6.45, 7) is 6.25. The monoisotopic (exact) mass is 440 g/mol. The molecule has 0 saturated heterocycles. The topological polar surface area (TPSA) is 84.0 Å². The molecule has 0 bridgehead atoms. The van der Waals surface area contributed by atoms with Crippen LogP contribution in [-0.4, -0.2) is 22.1 Å². The van der Waals surface area contributed by atoms with E-state index in [1.807, 2.05) is 55.5 Å². The lowest BCUT2D eigenvalue weighted by Gasteiger charge is -2.13. The van der Waals surface area contributed by atoms with Gasteiger partial charge in [0.25, 0.3) is 0 Å². The van der Waals surface area contributed by atoms with Gasteiger partial charge in [-0.15, -0.1) is 0 Å². The molecule has 3 N–H and O–H groups in total. The van der Waals surface area contributed by atoms with Gasteiger partial charge < -0.3 is 20.7 Å².